The molecule has 0 aliphatic carbocycles. The molecule has 8 heteroatoms. The van der Waals surface area contributed by atoms with Crippen LogP contribution in [-0.2, 0) is 4.79 Å². The number of nitrogens with one attached hydrogen (secondary N) is 1. The molecule has 1 amide bonds. The molecule has 1 N–H and O–H groups in total. The molecule has 184 valence electrons. The highest BCUT2D eigenvalue weighted by Gasteiger charge is 2.25. The van der Waals surface area contributed by atoms with Crippen LogP contribution in [0, 0.1) is 6.92 Å². The number of likely N-dealkylation sites (N-methyl/N-ethyl adjacent to an activating group) is 1. The monoisotopic (exact) mass is 473 g/mol. The number of fused-ring (bicyclic) bond motifs is 2. The van der Waals surface area contributed by atoms with Gasteiger partial charge in [-0.05, 0) is 90.5 Å². The summed E-state index contributed by atoms with van der Waals surface area (Å²) in [6.45, 7) is 11.7. The molecular weight excluding hydrogens is 438 g/mol. The molecular formula is C27H35N7O. The van der Waals surface area contributed by atoms with Crippen molar-refractivity contribution >= 4 is 22.5 Å². The number of amides is 1. The van der Waals surface area contributed by atoms with E-state index in [1.165, 1.54) is 16.5 Å². The molecule has 4 heterocycles. The van der Waals surface area contributed by atoms with Gasteiger partial charge < -0.3 is 9.88 Å². The van der Waals surface area contributed by atoms with Crippen molar-refractivity contribution in [2.24, 2.45) is 0 Å². The first-order valence-corrected chi connectivity index (χ1v) is 12.7. The van der Waals surface area contributed by atoms with E-state index in [1.807, 2.05) is 25.1 Å². The Balaban J connectivity index is 1.43. The number of aryl methyl sites for hydroxylation is 1. The Morgan fingerprint density at radius 1 is 1.23 bits per heavy atom. The number of hydrogen-bond acceptors (Lipinski definition) is 5. The third kappa shape index (κ3) is 4.43. The maximum absolute atomic E-state index is 12.6. The largest absolute Gasteiger partial charge is 0.354 e. The standard InChI is InChI=1S/C27H35N7O/c1-6-32(5)16-24(35)33-11-9-19(10-12-33)20-7-8-23-22(14-20)25(17(2)3)26(28-23)21-13-18(4)27-29-30-31-34(27)15-21/h7-8,13-15,17,19,28H,6,9-12,16H2,1-5H3. The summed E-state index contributed by atoms with van der Waals surface area (Å²) < 4.78 is 1.75. The van der Waals surface area contributed by atoms with Gasteiger partial charge in [-0.3, -0.25) is 9.69 Å². The highest BCUT2D eigenvalue weighted by atomic mass is 16.2. The molecule has 0 saturated carbocycles. The van der Waals surface area contributed by atoms with E-state index in [9.17, 15) is 4.79 Å². The van der Waals surface area contributed by atoms with Gasteiger partial charge in [0.2, 0.25) is 5.91 Å². The van der Waals surface area contributed by atoms with Crippen LogP contribution in [0.5, 0.6) is 0 Å². The number of aromatic amines is 1. The predicted octanol–water partition coefficient (Wildman–Crippen LogP) is 4.36. The van der Waals surface area contributed by atoms with E-state index in [1.54, 1.807) is 4.52 Å². The highest BCUT2D eigenvalue weighted by Crippen LogP contribution is 2.38. The summed E-state index contributed by atoms with van der Waals surface area (Å²) >= 11 is 0. The number of likely N-dealkylation sites (tertiary alicyclic amines) is 1. The number of pyridine rings is 1. The van der Waals surface area contributed by atoms with E-state index >= 15 is 0 Å². The summed E-state index contributed by atoms with van der Waals surface area (Å²) in [7, 11) is 2.00. The summed E-state index contributed by atoms with van der Waals surface area (Å²) in [6, 6.07) is 9.01. The van der Waals surface area contributed by atoms with Crippen molar-refractivity contribution in [1.29, 1.82) is 0 Å². The lowest BCUT2D eigenvalue weighted by molar-refractivity contribution is -0.133. The van der Waals surface area contributed by atoms with Crippen LogP contribution in [0.2, 0.25) is 0 Å². The molecule has 3 aromatic heterocycles. The second-order valence-corrected chi connectivity index (χ2v) is 10.2. The Kier molecular flexibility index (Phi) is 6.32. The van der Waals surface area contributed by atoms with Gasteiger partial charge in [-0.25, -0.2) is 0 Å². The van der Waals surface area contributed by atoms with Gasteiger partial charge in [0.25, 0.3) is 0 Å². The SMILES string of the molecule is CCN(C)CC(=O)N1CCC(c2ccc3[nH]c(-c4cc(C)c5nnnn5c4)c(C(C)C)c3c2)CC1. The minimum absolute atomic E-state index is 0.246. The van der Waals surface area contributed by atoms with Crippen LogP contribution in [0.25, 0.3) is 27.8 Å². The van der Waals surface area contributed by atoms with Crippen LogP contribution >= 0.6 is 0 Å². The highest BCUT2D eigenvalue weighted by molar-refractivity contribution is 5.92. The van der Waals surface area contributed by atoms with Crippen molar-refractivity contribution in [3.05, 3.63) is 47.2 Å². The zero-order chi connectivity index (χ0) is 24.7. The maximum atomic E-state index is 12.6. The van der Waals surface area contributed by atoms with Crippen LogP contribution in [0.4, 0.5) is 0 Å². The first kappa shape index (κ1) is 23.5. The van der Waals surface area contributed by atoms with Gasteiger partial charge in [-0.2, -0.15) is 4.52 Å². The second-order valence-electron chi connectivity index (χ2n) is 10.2. The molecule has 0 atom stereocenters. The average molecular weight is 474 g/mol. The summed E-state index contributed by atoms with van der Waals surface area (Å²) in [5.74, 6) is 1.08. The third-order valence-electron chi connectivity index (χ3n) is 7.47. The molecule has 0 radical (unpaired) electrons. The van der Waals surface area contributed by atoms with Gasteiger partial charge in [0.1, 0.15) is 0 Å². The number of nitrogens with zero attached hydrogens (tertiary/aromatic N) is 6. The van der Waals surface area contributed by atoms with Gasteiger partial charge in [0.15, 0.2) is 5.65 Å². The number of H-pyrrole nitrogens is 1. The smallest absolute Gasteiger partial charge is 0.236 e. The number of piperidine rings is 1. The van der Waals surface area contributed by atoms with E-state index in [2.05, 4.69) is 70.4 Å². The molecule has 1 aliphatic heterocycles. The van der Waals surface area contributed by atoms with E-state index in [0.717, 1.165) is 60.5 Å². The Bertz CT molecular complexity index is 1360. The van der Waals surface area contributed by atoms with Crippen molar-refractivity contribution in [2.45, 2.75) is 52.4 Å². The van der Waals surface area contributed by atoms with E-state index in [-0.39, 0.29) is 5.91 Å². The molecule has 8 nitrogen and oxygen atoms in total. The molecule has 4 aromatic rings. The normalized spacial score (nSPS) is 15.2. The van der Waals surface area contributed by atoms with Gasteiger partial charge >= 0.3 is 0 Å². The molecule has 1 fully saturated rings. The molecule has 0 spiro atoms. The molecule has 0 unspecified atom stereocenters. The van der Waals surface area contributed by atoms with Crippen molar-refractivity contribution in [3.63, 3.8) is 0 Å². The van der Waals surface area contributed by atoms with Crippen LogP contribution in [0.1, 0.15) is 62.1 Å². The second kappa shape index (κ2) is 9.41. The summed E-state index contributed by atoms with van der Waals surface area (Å²) in [4.78, 5) is 20.4. The lowest BCUT2D eigenvalue weighted by atomic mass is 9.87. The lowest BCUT2D eigenvalue weighted by Gasteiger charge is -2.33. The van der Waals surface area contributed by atoms with Crippen molar-refractivity contribution in [1.82, 2.24) is 34.8 Å². The summed E-state index contributed by atoms with van der Waals surface area (Å²) in [5, 5.41) is 13.3. The maximum Gasteiger partial charge on any atom is 0.236 e. The van der Waals surface area contributed by atoms with E-state index in [4.69, 9.17) is 0 Å². The Hall–Kier alpha value is -3.26. The zero-order valence-electron chi connectivity index (χ0n) is 21.4. The van der Waals surface area contributed by atoms with Crippen LogP contribution in [0.15, 0.2) is 30.5 Å². The summed E-state index contributed by atoms with van der Waals surface area (Å²) in [5.41, 5.74) is 7.90. The quantitative estimate of drug-likeness (QED) is 0.450. The molecule has 1 aliphatic rings. The van der Waals surface area contributed by atoms with Crippen LogP contribution in [-0.4, -0.2) is 74.0 Å². The predicted molar refractivity (Wildman–Crippen MR) is 139 cm³/mol. The van der Waals surface area contributed by atoms with Crippen molar-refractivity contribution in [2.75, 3.05) is 33.2 Å². The Morgan fingerprint density at radius 2 is 2.00 bits per heavy atom. The number of aromatic nitrogens is 5. The minimum Gasteiger partial charge on any atom is -0.354 e. The molecule has 5 rings (SSSR count). The third-order valence-corrected chi connectivity index (χ3v) is 7.47. The zero-order valence-corrected chi connectivity index (χ0v) is 21.4. The minimum atomic E-state index is 0.246. The first-order chi connectivity index (χ1) is 16.9. The molecule has 35 heavy (non-hydrogen) atoms. The lowest BCUT2D eigenvalue weighted by Crippen LogP contribution is -2.43. The molecule has 1 saturated heterocycles. The fourth-order valence-corrected chi connectivity index (χ4v) is 5.36. The average Bonchev–Trinajstić information content (AvgIpc) is 3.48. The summed E-state index contributed by atoms with van der Waals surface area (Å²) in [6.07, 6.45) is 4.02. The molecule has 0 bridgehead atoms. The fraction of sp³-hybridized carbons (Fsp3) is 0.481. The van der Waals surface area contributed by atoms with Crippen LogP contribution in [0.3, 0.4) is 0 Å². The number of rotatable bonds is 6. The first-order valence-electron chi connectivity index (χ1n) is 12.7. The Labute approximate surface area is 206 Å². The topological polar surface area (TPSA) is 82.4 Å². The number of hydrogen-bond donors (Lipinski definition) is 1. The Morgan fingerprint density at radius 3 is 2.71 bits per heavy atom. The number of benzene rings is 1. The molecule has 1 aromatic carbocycles. The van der Waals surface area contributed by atoms with Gasteiger partial charge in [0, 0.05) is 35.8 Å². The van der Waals surface area contributed by atoms with Gasteiger partial charge in [-0.15, -0.1) is 5.10 Å². The van der Waals surface area contributed by atoms with Gasteiger partial charge in [0.05, 0.1) is 12.2 Å². The number of carbonyl (C=O) groups is 1. The fourth-order valence-electron chi connectivity index (χ4n) is 5.36. The number of carbonyl (C=O) groups excluding carboxylic acids is 1. The van der Waals surface area contributed by atoms with Crippen molar-refractivity contribution in [3.8, 4) is 11.3 Å². The van der Waals surface area contributed by atoms with E-state index < -0.39 is 0 Å². The van der Waals surface area contributed by atoms with Crippen LogP contribution < -0.4 is 0 Å². The van der Waals surface area contributed by atoms with Crippen molar-refractivity contribution < 1.29 is 4.79 Å². The van der Waals surface area contributed by atoms with Gasteiger partial charge in [-0.1, -0.05) is 26.8 Å². The van der Waals surface area contributed by atoms with E-state index in [0.29, 0.717) is 18.4 Å². The number of tetrazole rings is 1.